The summed E-state index contributed by atoms with van der Waals surface area (Å²) in [7, 11) is 0. The highest BCUT2D eigenvalue weighted by Gasteiger charge is 2.29. The van der Waals surface area contributed by atoms with Crippen molar-refractivity contribution in [3.63, 3.8) is 0 Å². The highest BCUT2D eigenvalue weighted by Crippen LogP contribution is 2.47. The summed E-state index contributed by atoms with van der Waals surface area (Å²) in [4.78, 5) is 0. The summed E-state index contributed by atoms with van der Waals surface area (Å²) in [6.07, 6.45) is 7.14. The molecule has 0 unspecified atom stereocenters. The Morgan fingerprint density at radius 2 is 1.34 bits per heavy atom. The van der Waals surface area contributed by atoms with Crippen LogP contribution in [-0.4, -0.2) is 5.11 Å². The van der Waals surface area contributed by atoms with E-state index in [2.05, 4.69) is 97.9 Å². The van der Waals surface area contributed by atoms with Gasteiger partial charge in [0.05, 0.1) is 0 Å². The molecule has 0 atom stereocenters. The topological polar surface area (TPSA) is 20.2 Å². The third-order valence-corrected chi connectivity index (χ3v) is 8.34. The van der Waals surface area contributed by atoms with Crippen LogP contribution in [0.5, 0.6) is 5.75 Å². The van der Waals surface area contributed by atoms with Crippen LogP contribution < -0.4 is 0 Å². The Hall–Kier alpha value is -2.80. The first-order valence-electron chi connectivity index (χ1n) is 13.2. The number of benzene rings is 3. The van der Waals surface area contributed by atoms with Crippen LogP contribution in [0.2, 0.25) is 0 Å². The summed E-state index contributed by atoms with van der Waals surface area (Å²) in [5.74, 6) is 0.417. The largest absolute Gasteiger partial charge is 0.507 e. The van der Waals surface area contributed by atoms with E-state index < -0.39 is 0 Å². The molecule has 0 aliphatic heterocycles. The van der Waals surface area contributed by atoms with Crippen molar-refractivity contribution in [2.45, 2.75) is 91.9 Å². The molecule has 1 heteroatoms. The fourth-order valence-electron chi connectivity index (χ4n) is 6.20. The van der Waals surface area contributed by atoms with E-state index in [-0.39, 0.29) is 10.8 Å². The maximum absolute atomic E-state index is 11.6. The van der Waals surface area contributed by atoms with E-state index >= 15 is 0 Å². The second-order valence-electron chi connectivity index (χ2n) is 12.8. The maximum Gasteiger partial charge on any atom is 0.127 e. The molecular weight excluding hydrogens is 424 g/mol. The Bertz CT molecular complexity index is 1370. The molecule has 2 aliphatic rings. The number of phenols is 1. The molecule has 1 nitrogen and oxygen atoms in total. The Morgan fingerprint density at radius 3 is 1.97 bits per heavy atom. The van der Waals surface area contributed by atoms with Crippen LogP contribution in [0.4, 0.5) is 0 Å². The van der Waals surface area contributed by atoms with Gasteiger partial charge in [-0.2, -0.15) is 0 Å². The summed E-state index contributed by atoms with van der Waals surface area (Å²) in [6.45, 7) is 18.0. The molecule has 182 valence electrons. The molecule has 3 aromatic rings. The molecule has 1 N–H and O–H groups in total. The molecule has 0 radical (unpaired) electrons. The van der Waals surface area contributed by atoms with Gasteiger partial charge in [-0.15, -0.1) is 0 Å². The van der Waals surface area contributed by atoms with Crippen molar-refractivity contribution in [2.24, 2.45) is 0 Å². The number of fused-ring (bicyclic) bond motifs is 2. The van der Waals surface area contributed by atoms with Crippen LogP contribution in [0.15, 0.2) is 36.4 Å². The van der Waals surface area contributed by atoms with Crippen molar-refractivity contribution in [1.29, 1.82) is 0 Å². The van der Waals surface area contributed by atoms with Crippen molar-refractivity contribution in [1.82, 2.24) is 0 Å². The first-order valence-corrected chi connectivity index (χ1v) is 13.2. The maximum atomic E-state index is 11.6. The van der Waals surface area contributed by atoms with Gasteiger partial charge in [-0.25, -0.2) is 0 Å². The summed E-state index contributed by atoms with van der Waals surface area (Å²) in [5.41, 5.74) is 16.0. The van der Waals surface area contributed by atoms with E-state index in [0.717, 1.165) is 23.1 Å². The van der Waals surface area contributed by atoms with Crippen LogP contribution in [0.25, 0.3) is 22.8 Å². The Kier molecular flexibility index (Phi) is 5.55. The van der Waals surface area contributed by atoms with Gasteiger partial charge in [0, 0.05) is 11.1 Å². The molecule has 0 saturated carbocycles. The van der Waals surface area contributed by atoms with Gasteiger partial charge in [-0.1, -0.05) is 78.0 Å². The quantitative estimate of drug-likeness (QED) is 0.401. The van der Waals surface area contributed by atoms with Crippen LogP contribution in [0.1, 0.15) is 98.0 Å². The molecule has 0 amide bonds. The lowest BCUT2D eigenvalue weighted by molar-refractivity contribution is 0.446. The Morgan fingerprint density at radius 1 is 0.714 bits per heavy atom. The molecule has 0 heterocycles. The molecule has 35 heavy (non-hydrogen) atoms. The molecule has 5 rings (SSSR count). The minimum atomic E-state index is -0.146. The van der Waals surface area contributed by atoms with E-state index in [9.17, 15) is 5.11 Å². The van der Waals surface area contributed by atoms with Crippen LogP contribution >= 0.6 is 0 Å². The van der Waals surface area contributed by atoms with Crippen LogP contribution in [-0.2, 0) is 30.1 Å². The first-order chi connectivity index (χ1) is 16.4. The summed E-state index contributed by atoms with van der Waals surface area (Å²) in [6, 6.07) is 13.1. The van der Waals surface area contributed by atoms with Crippen molar-refractivity contribution in [3.8, 4) is 16.9 Å². The Labute approximate surface area is 211 Å². The molecule has 0 aromatic heterocycles. The van der Waals surface area contributed by atoms with Crippen LogP contribution in [0, 0.1) is 13.8 Å². The number of rotatable bonds is 2. The SMILES string of the molecule is Cc1c2c(c(C)c3c1CCC3)CC(c1ccccc1-c1cc(C(C)(C)C)cc(C(C)(C)C)c1O)=C2. The van der Waals surface area contributed by atoms with Gasteiger partial charge >= 0.3 is 0 Å². The van der Waals surface area contributed by atoms with E-state index in [0.29, 0.717) is 5.75 Å². The minimum absolute atomic E-state index is 0.00492. The number of allylic oxidation sites excluding steroid dienone is 1. The number of hydrogen-bond acceptors (Lipinski definition) is 1. The first kappa shape index (κ1) is 23.9. The lowest BCUT2D eigenvalue weighted by Crippen LogP contribution is -2.17. The van der Waals surface area contributed by atoms with E-state index in [1.807, 2.05) is 0 Å². The van der Waals surface area contributed by atoms with Crippen molar-refractivity contribution in [2.75, 3.05) is 0 Å². The fraction of sp³-hybridized carbons (Fsp3) is 0.412. The van der Waals surface area contributed by atoms with Gasteiger partial charge in [0.1, 0.15) is 5.75 Å². The van der Waals surface area contributed by atoms with Gasteiger partial charge < -0.3 is 5.11 Å². The van der Waals surface area contributed by atoms with Gasteiger partial charge in [0.25, 0.3) is 0 Å². The number of aromatic hydroxyl groups is 1. The zero-order valence-electron chi connectivity index (χ0n) is 22.8. The van der Waals surface area contributed by atoms with Crippen molar-refractivity contribution >= 4 is 11.6 Å². The van der Waals surface area contributed by atoms with E-state index in [1.54, 1.807) is 11.1 Å². The zero-order valence-corrected chi connectivity index (χ0v) is 22.8. The standard InChI is InChI=1S/C34H40O/c1-20-24-14-11-15-25(24)21(2)29-17-22(16-28(20)29)26-12-9-10-13-27(26)30-18-23(33(3,4)5)19-31(32(30)35)34(6,7)8/h9-10,12-13,16,18-19,35H,11,14-15,17H2,1-8H3. The molecule has 0 bridgehead atoms. The van der Waals surface area contributed by atoms with Crippen LogP contribution in [0.3, 0.4) is 0 Å². The number of phenolic OH excluding ortho intramolecular Hbond substituents is 1. The highest BCUT2D eigenvalue weighted by molar-refractivity contribution is 5.96. The van der Waals surface area contributed by atoms with Crippen molar-refractivity contribution < 1.29 is 5.11 Å². The summed E-state index contributed by atoms with van der Waals surface area (Å²) in [5, 5.41) is 11.6. The second-order valence-corrected chi connectivity index (χ2v) is 12.8. The van der Waals surface area contributed by atoms with Crippen molar-refractivity contribution in [3.05, 3.63) is 86.5 Å². The van der Waals surface area contributed by atoms with Gasteiger partial charge in [-0.05, 0) is 112 Å². The fourth-order valence-corrected chi connectivity index (χ4v) is 6.20. The second kappa shape index (κ2) is 8.12. The number of hydrogen-bond donors (Lipinski definition) is 1. The highest BCUT2D eigenvalue weighted by atomic mass is 16.3. The van der Waals surface area contributed by atoms with Gasteiger partial charge in [-0.3, -0.25) is 0 Å². The normalized spacial score (nSPS) is 15.3. The lowest BCUT2D eigenvalue weighted by Gasteiger charge is -2.28. The third-order valence-electron chi connectivity index (χ3n) is 8.34. The molecule has 0 spiro atoms. The molecule has 0 fully saturated rings. The zero-order chi connectivity index (χ0) is 25.3. The average Bonchev–Trinajstić information content (AvgIpc) is 3.44. The summed E-state index contributed by atoms with van der Waals surface area (Å²) < 4.78 is 0. The molecular formula is C34H40O. The molecule has 3 aromatic carbocycles. The summed E-state index contributed by atoms with van der Waals surface area (Å²) >= 11 is 0. The van der Waals surface area contributed by atoms with E-state index in [1.165, 1.54) is 58.2 Å². The van der Waals surface area contributed by atoms with E-state index in [4.69, 9.17) is 0 Å². The smallest absolute Gasteiger partial charge is 0.127 e. The average molecular weight is 465 g/mol. The monoisotopic (exact) mass is 464 g/mol. The Balaban J connectivity index is 1.70. The molecule has 2 aliphatic carbocycles. The van der Waals surface area contributed by atoms with Gasteiger partial charge in [0.15, 0.2) is 0 Å². The lowest BCUT2D eigenvalue weighted by atomic mass is 9.77. The van der Waals surface area contributed by atoms with Gasteiger partial charge in [0.2, 0.25) is 0 Å². The minimum Gasteiger partial charge on any atom is -0.507 e. The molecule has 0 saturated heterocycles. The third kappa shape index (κ3) is 3.94. The predicted molar refractivity (Wildman–Crippen MR) is 150 cm³/mol. The predicted octanol–water partition coefficient (Wildman–Crippen LogP) is 8.86.